The number of halogens is 1. The Hall–Kier alpha value is -1.34. The topological polar surface area (TPSA) is 76.8 Å². The van der Waals surface area contributed by atoms with Gasteiger partial charge in [-0.05, 0) is 50.6 Å². The van der Waals surface area contributed by atoms with Crippen LogP contribution in [0.1, 0.15) is 29.6 Å². The smallest absolute Gasteiger partial charge is 0.255 e. The van der Waals surface area contributed by atoms with Crippen LogP contribution in [0.5, 0.6) is 5.75 Å². The molecular weight excluding hydrogens is 342 g/mol. The number of hydrogen-bond acceptors (Lipinski definition) is 5. The molecule has 0 spiro atoms. The number of amides is 1. The first-order chi connectivity index (χ1) is 12.1. The molecule has 1 aromatic rings. The molecule has 140 valence electrons. The maximum Gasteiger partial charge on any atom is 0.255 e. The van der Waals surface area contributed by atoms with Gasteiger partial charge in [0, 0.05) is 25.2 Å². The zero-order chi connectivity index (χ0) is 18.2. The first-order valence-corrected chi connectivity index (χ1v) is 9.06. The van der Waals surface area contributed by atoms with Crippen molar-refractivity contribution in [3.63, 3.8) is 0 Å². The van der Waals surface area contributed by atoms with Crippen LogP contribution in [0.3, 0.4) is 0 Å². The summed E-state index contributed by atoms with van der Waals surface area (Å²) in [6.45, 7) is 3.47. The van der Waals surface area contributed by atoms with E-state index in [2.05, 4.69) is 10.2 Å². The Labute approximate surface area is 154 Å². The van der Waals surface area contributed by atoms with Crippen molar-refractivity contribution in [1.29, 1.82) is 0 Å². The van der Waals surface area contributed by atoms with E-state index in [0.29, 0.717) is 16.3 Å². The molecule has 0 radical (unpaired) electrons. The molecule has 6 nitrogen and oxygen atoms in total. The minimum atomic E-state index is -0.192. The second-order valence-electron chi connectivity index (χ2n) is 6.28. The minimum absolute atomic E-state index is 0.0352. The Bertz CT molecular complexity index is 570. The van der Waals surface area contributed by atoms with E-state index in [0.717, 1.165) is 45.4 Å². The third kappa shape index (κ3) is 5.57. The molecule has 1 aromatic carbocycles. The van der Waals surface area contributed by atoms with E-state index in [-0.39, 0.29) is 18.1 Å². The van der Waals surface area contributed by atoms with Crippen molar-refractivity contribution < 1.29 is 14.3 Å². The monoisotopic (exact) mass is 369 g/mol. The molecule has 1 aliphatic heterocycles. The Morgan fingerprint density at radius 1 is 1.40 bits per heavy atom. The molecule has 3 N–H and O–H groups in total. The highest BCUT2D eigenvalue weighted by molar-refractivity contribution is 6.31. The number of carbonyl (C=O) groups is 1. The van der Waals surface area contributed by atoms with Gasteiger partial charge < -0.3 is 25.4 Å². The summed E-state index contributed by atoms with van der Waals surface area (Å²) in [5, 5.41) is 3.58. The van der Waals surface area contributed by atoms with Crippen LogP contribution < -0.4 is 15.8 Å². The number of unbranched alkanes of at least 4 members (excludes halogenated alkanes) is 1. The van der Waals surface area contributed by atoms with Crippen LogP contribution in [-0.2, 0) is 4.74 Å². The summed E-state index contributed by atoms with van der Waals surface area (Å²) in [4.78, 5) is 15.0. The maximum absolute atomic E-state index is 12.7. The van der Waals surface area contributed by atoms with Crippen molar-refractivity contribution in [3.8, 4) is 5.75 Å². The molecule has 2 unspecified atom stereocenters. The standard InChI is InChI=1S/C18H28ClN3O3/c1-24-16-6-5-13(19)11-14(16)18(23)21-15-7-10-22(9-4-3-8-20)12-17(15)25-2/h5-6,11,15,17H,3-4,7-10,12,20H2,1-2H3,(H,21,23). The normalized spacial score (nSPS) is 21.1. The molecule has 1 fully saturated rings. The SMILES string of the molecule is COc1ccc(Cl)cc1C(=O)NC1CCN(CCCCN)CC1OC. The van der Waals surface area contributed by atoms with Crippen LogP contribution in [0.2, 0.25) is 5.02 Å². The molecule has 1 saturated heterocycles. The quantitative estimate of drug-likeness (QED) is 0.684. The van der Waals surface area contributed by atoms with Gasteiger partial charge in [0.2, 0.25) is 0 Å². The molecule has 0 aliphatic carbocycles. The predicted octanol–water partition coefficient (Wildman–Crippen LogP) is 1.91. The molecule has 2 rings (SSSR count). The molecule has 0 aromatic heterocycles. The fourth-order valence-corrected chi connectivity index (χ4v) is 3.34. The van der Waals surface area contributed by atoms with Gasteiger partial charge in [0.15, 0.2) is 0 Å². The third-order valence-corrected chi connectivity index (χ3v) is 4.83. The minimum Gasteiger partial charge on any atom is -0.496 e. The van der Waals surface area contributed by atoms with E-state index >= 15 is 0 Å². The molecule has 1 amide bonds. The lowest BCUT2D eigenvalue weighted by Crippen LogP contribution is -2.54. The molecular formula is C18H28ClN3O3. The van der Waals surface area contributed by atoms with Crippen LogP contribution in [0, 0.1) is 0 Å². The van der Waals surface area contributed by atoms with Crippen molar-refractivity contribution >= 4 is 17.5 Å². The third-order valence-electron chi connectivity index (χ3n) is 4.60. The molecule has 0 saturated carbocycles. The number of hydrogen-bond donors (Lipinski definition) is 2. The lowest BCUT2D eigenvalue weighted by Gasteiger charge is -2.38. The van der Waals surface area contributed by atoms with E-state index in [1.165, 1.54) is 7.11 Å². The van der Waals surface area contributed by atoms with Crippen LogP contribution in [0.25, 0.3) is 0 Å². The second kappa shape index (κ2) is 9.97. The molecule has 7 heteroatoms. The maximum atomic E-state index is 12.7. The number of ether oxygens (including phenoxy) is 2. The van der Waals surface area contributed by atoms with Gasteiger partial charge in [-0.2, -0.15) is 0 Å². The van der Waals surface area contributed by atoms with E-state index in [1.54, 1.807) is 25.3 Å². The summed E-state index contributed by atoms with van der Waals surface area (Å²) in [5.74, 6) is 0.318. The summed E-state index contributed by atoms with van der Waals surface area (Å²) >= 11 is 6.02. The van der Waals surface area contributed by atoms with Gasteiger partial charge in [-0.1, -0.05) is 11.6 Å². The largest absolute Gasteiger partial charge is 0.496 e. The summed E-state index contributed by atoms with van der Waals surface area (Å²) in [7, 11) is 3.23. The second-order valence-corrected chi connectivity index (χ2v) is 6.72. The zero-order valence-electron chi connectivity index (χ0n) is 15.0. The van der Waals surface area contributed by atoms with Crippen LogP contribution in [0.15, 0.2) is 18.2 Å². The number of nitrogens with two attached hydrogens (primary N) is 1. The number of benzene rings is 1. The average Bonchev–Trinajstić information content (AvgIpc) is 2.62. The molecule has 1 heterocycles. The number of piperidine rings is 1. The Morgan fingerprint density at radius 2 is 2.20 bits per heavy atom. The van der Waals surface area contributed by atoms with E-state index < -0.39 is 0 Å². The summed E-state index contributed by atoms with van der Waals surface area (Å²) in [5.41, 5.74) is 5.99. The fraction of sp³-hybridized carbons (Fsp3) is 0.611. The summed E-state index contributed by atoms with van der Waals surface area (Å²) in [6, 6.07) is 4.99. The van der Waals surface area contributed by atoms with Gasteiger partial charge in [0.1, 0.15) is 5.75 Å². The number of nitrogens with one attached hydrogen (secondary N) is 1. The highest BCUT2D eigenvalue weighted by Gasteiger charge is 2.30. The number of methoxy groups -OCH3 is 2. The van der Waals surface area contributed by atoms with Crippen molar-refractivity contribution in [3.05, 3.63) is 28.8 Å². The summed E-state index contributed by atoms with van der Waals surface area (Å²) < 4.78 is 10.9. The fourth-order valence-electron chi connectivity index (χ4n) is 3.17. The lowest BCUT2D eigenvalue weighted by molar-refractivity contribution is 0.00605. The molecule has 2 atom stereocenters. The number of rotatable bonds is 8. The van der Waals surface area contributed by atoms with Gasteiger partial charge in [-0.25, -0.2) is 0 Å². The summed E-state index contributed by atoms with van der Waals surface area (Å²) in [6.07, 6.45) is 2.92. The van der Waals surface area contributed by atoms with Crippen molar-refractivity contribution in [2.75, 3.05) is 40.4 Å². The molecule has 25 heavy (non-hydrogen) atoms. The van der Waals surface area contributed by atoms with Gasteiger partial charge in [-0.15, -0.1) is 0 Å². The van der Waals surface area contributed by atoms with Crippen molar-refractivity contribution in [1.82, 2.24) is 10.2 Å². The van der Waals surface area contributed by atoms with Crippen LogP contribution in [0.4, 0.5) is 0 Å². The van der Waals surface area contributed by atoms with Crippen LogP contribution in [-0.4, -0.2) is 63.4 Å². The number of carbonyl (C=O) groups excluding carboxylic acids is 1. The van der Waals surface area contributed by atoms with Crippen molar-refractivity contribution in [2.24, 2.45) is 5.73 Å². The van der Waals surface area contributed by atoms with Gasteiger partial charge in [0.05, 0.1) is 24.8 Å². The first kappa shape index (κ1) is 20.0. The van der Waals surface area contributed by atoms with Gasteiger partial charge in [-0.3, -0.25) is 4.79 Å². The zero-order valence-corrected chi connectivity index (χ0v) is 15.7. The predicted molar refractivity (Wildman–Crippen MR) is 99.4 cm³/mol. The Morgan fingerprint density at radius 3 is 2.88 bits per heavy atom. The van der Waals surface area contributed by atoms with E-state index in [1.807, 2.05) is 0 Å². The van der Waals surface area contributed by atoms with Crippen LogP contribution >= 0.6 is 11.6 Å². The first-order valence-electron chi connectivity index (χ1n) is 8.68. The van der Waals surface area contributed by atoms with Crippen molar-refractivity contribution in [2.45, 2.75) is 31.4 Å². The highest BCUT2D eigenvalue weighted by Crippen LogP contribution is 2.23. The molecule has 0 bridgehead atoms. The molecule has 1 aliphatic rings. The van der Waals surface area contributed by atoms with Gasteiger partial charge >= 0.3 is 0 Å². The highest BCUT2D eigenvalue weighted by atomic mass is 35.5. The number of nitrogens with zero attached hydrogens (tertiary/aromatic N) is 1. The van der Waals surface area contributed by atoms with Gasteiger partial charge in [0.25, 0.3) is 5.91 Å². The van der Waals surface area contributed by atoms with E-state index in [4.69, 9.17) is 26.8 Å². The average molecular weight is 370 g/mol. The number of likely N-dealkylation sites (tertiary alicyclic amines) is 1. The lowest BCUT2D eigenvalue weighted by atomic mass is 10.0. The Kier molecular flexibility index (Phi) is 7.96. The Balaban J connectivity index is 1.97. The van der Waals surface area contributed by atoms with E-state index in [9.17, 15) is 4.79 Å².